The van der Waals surface area contributed by atoms with E-state index in [-0.39, 0.29) is 0 Å². The van der Waals surface area contributed by atoms with Crippen LogP contribution in [-0.2, 0) is 12.7 Å². The first-order valence-electron chi connectivity index (χ1n) is 7.99. The lowest BCUT2D eigenvalue weighted by atomic mass is 10.0. The Hall–Kier alpha value is -2.74. The number of hydrogen-bond acceptors (Lipinski definition) is 3. The summed E-state index contributed by atoms with van der Waals surface area (Å²) in [6.45, 7) is 0.476. The van der Waals surface area contributed by atoms with Crippen molar-refractivity contribution in [2.45, 2.75) is 12.7 Å². The van der Waals surface area contributed by atoms with Gasteiger partial charge >= 0.3 is 6.18 Å². The highest BCUT2D eigenvalue weighted by Gasteiger charge is 2.30. The van der Waals surface area contributed by atoms with E-state index in [1.807, 2.05) is 6.07 Å². The molecular weight excluding hydrogens is 421 g/mol. The molecule has 136 valence electrons. The number of fused-ring (bicyclic) bond motifs is 1. The van der Waals surface area contributed by atoms with Crippen molar-refractivity contribution in [1.29, 1.82) is 0 Å². The molecule has 1 aromatic carbocycles. The van der Waals surface area contributed by atoms with Gasteiger partial charge in [-0.05, 0) is 51.3 Å². The summed E-state index contributed by atoms with van der Waals surface area (Å²) >= 11 is 3.38. The lowest BCUT2D eigenvalue weighted by Gasteiger charge is -2.09. The van der Waals surface area contributed by atoms with Crippen molar-refractivity contribution < 1.29 is 13.2 Å². The van der Waals surface area contributed by atoms with Gasteiger partial charge in [0.25, 0.3) is 0 Å². The van der Waals surface area contributed by atoms with Crippen LogP contribution in [0.15, 0.2) is 65.7 Å². The third-order valence-electron chi connectivity index (χ3n) is 4.11. The SMILES string of the molecule is FC(F)(F)c1cccc(-c2cnc3cnn(Cc4cncc(Br)c4)c3c2)c1. The molecule has 0 amide bonds. The summed E-state index contributed by atoms with van der Waals surface area (Å²) in [5.74, 6) is 0. The molecule has 0 saturated heterocycles. The van der Waals surface area contributed by atoms with E-state index >= 15 is 0 Å². The van der Waals surface area contributed by atoms with Crippen LogP contribution in [0.4, 0.5) is 13.2 Å². The van der Waals surface area contributed by atoms with Gasteiger partial charge in [0.05, 0.1) is 23.8 Å². The number of alkyl halides is 3. The fraction of sp³-hybridized carbons (Fsp3) is 0.105. The summed E-state index contributed by atoms with van der Waals surface area (Å²) in [4.78, 5) is 8.47. The van der Waals surface area contributed by atoms with Crippen molar-refractivity contribution in [1.82, 2.24) is 19.7 Å². The lowest BCUT2D eigenvalue weighted by molar-refractivity contribution is -0.137. The molecule has 0 aliphatic heterocycles. The van der Waals surface area contributed by atoms with Crippen molar-refractivity contribution in [3.8, 4) is 11.1 Å². The fourth-order valence-corrected chi connectivity index (χ4v) is 3.24. The fourth-order valence-electron chi connectivity index (χ4n) is 2.83. The van der Waals surface area contributed by atoms with Gasteiger partial charge in [-0.25, -0.2) is 0 Å². The number of nitrogens with zero attached hydrogens (tertiary/aromatic N) is 4. The first-order chi connectivity index (χ1) is 12.9. The van der Waals surface area contributed by atoms with Gasteiger partial charge in [-0.3, -0.25) is 14.6 Å². The Morgan fingerprint density at radius 1 is 0.963 bits per heavy atom. The van der Waals surface area contributed by atoms with E-state index in [0.717, 1.165) is 27.7 Å². The molecule has 27 heavy (non-hydrogen) atoms. The predicted octanol–water partition coefficient (Wildman–Crippen LogP) is 5.32. The van der Waals surface area contributed by atoms with Gasteiger partial charge in [-0.2, -0.15) is 18.3 Å². The topological polar surface area (TPSA) is 43.6 Å². The Morgan fingerprint density at radius 3 is 2.59 bits per heavy atom. The van der Waals surface area contributed by atoms with Crippen molar-refractivity contribution in [3.05, 3.63) is 76.8 Å². The van der Waals surface area contributed by atoms with Crippen LogP contribution in [0.1, 0.15) is 11.1 Å². The van der Waals surface area contributed by atoms with Crippen LogP contribution in [-0.4, -0.2) is 19.7 Å². The largest absolute Gasteiger partial charge is 0.416 e. The summed E-state index contributed by atoms with van der Waals surface area (Å²) in [5, 5.41) is 4.34. The molecule has 8 heteroatoms. The quantitative estimate of drug-likeness (QED) is 0.439. The molecule has 3 heterocycles. The number of benzene rings is 1. The Balaban J connectivity index is 1.74. The molecule has 0 saturated carbocycles. The lowest BCUT2D eigenvalue weighted by Crippen LogP contribution is -2.04. The molecule has 0 spiro atoms. The highest BCUT2D eigenvalue weighted by Crippen LogP contribution is 2.32. The van der Waals surface area contributed by atoms with Crippen LogP contribution in [0.5, 0.6) is 0 Å². The highest BCUT2D eigenvalue weighted by atomic mass is 79.9. The summed E-state index contributed by atoms with van der Waals surface area (Å²) < 4.78 is 41.6. The molecule has 0 bridgehead atoms. The smallest absolute Gasteiger partial charge is 0.263 e. The number of hydrogen-bond donors (Lipinski definition) is 0. The van der Waals surface area contributed by atoms with Gasteiger partial charge in [-0.15, -0.1) is 0 Å². The second kappa shape index (κ2) is 6.77. The third-order valence-corrected chi connectivity index (χ3v) is 4.55. The van der Waals surface area contributed by atoms with Crippen LogP contribution < -0.4 is 0 Å². The molecule has 3 aromatic heterocycles. The van der Waals surface area contributed by atoms with E-state index in [1.54, 1.807) is 41.6 Å². The summed E-state index contributed by atoms with van der Waals surface area (Å²) in [7, 11) is 0. The van der Waals surface area contributed by atoms with E-state index in [2.05, 4.69) is 31.0 Å². The first kappa shape index (κ1) is 17.7. The average molecular weight is 433 g/mol. The van der Waals surface area contributed by atoms with Crippen molar-refractivity contribution in [2.75, 3.05) is 0 Å². The van der Waals surface area contributed by atoms with E-state index in [1.165, 1.54) is 6.07 Å². The van der Waals surface area contributed by atoms with Gasteiger partial charge in [0.1, 0.15) is 5.52 Å². The normalized spacial score (nSPS) is 11.9. The van der Waals surface area contributed by atoms with Crippen molar-refractivity contribution >= 4 is 27.0 Å². The zero-order valence-corrected chi connectivity index (χ0v) is 15.4. The van der Waals surface area contributed by atoms with Crippen LogP contribution in [0.3, 0.4) is 0 Å². The Bertz CT molecular complexity index is 1120. The standard InChI is InChI=1S/C19H12BrF3N4/c20-16-4-12(7-24-9-16)11-27-18-6-14(8-25-17(18)10-26-27)13-2-1-3-15(5-13)19(21,22)23/h1-10H,11H2. The van der Waals surface area contributed by atoms with Crippen molar-refractivity contribution in [3.63, 3.8) is 0 Å². The Kier molecular flexibility index (Phi) is 4.43. The van der Waals surface area contributed by atoms with Crippen molar-refractivity contribution in [2.24, 2.45) is 0 Å². The van der Waals surface area contributed by atoms with Gasteiger partial charge in [-0.1, -0.05) is 12.1 Å². The number of pyridine rings is 2. The van der Waals surface area contributed by atoms with E-state index < -0.39 is 11.7 Å². The van der Waals surface area contributed by atoms with E-state index in [9.17, 15) is 13.2 Å². The third kappa shape index (κ3) is 3.71. The number of halogens is 4. The number of rotatable bonds is 3. The van der Waals surface area contributed by atoms with Gasteiger partial charge < -0.3 is 0 Å². The second-order valence-electron chi connectivity index (χ2n) is 6.02. The Morgan fingerprint density at radius 2 is 1.81 bits per heavy atom. The molecule has 4 rings (SSSR count). The first-order valence-corrected chi connectivity index (χ1v) is 8.78. The van der Waals surface area contributed by atoms with Crippen LogP contribution in [0, 0.1) is 0 Å². The molecule has 0 unspecified atom stereocenters. The molecule has 0 aliphatic carbocycles. The van der Waals surface area contributed by atoms with E-state index in [0.29, 0.717) is 23.2 Å². The average Bonchev–Trinajstić information content (AvgIpc) is 3.03. The van der Waals surface area contributed by atoms with Crippen LogP contribution >= 0.6 is 15.9 Å². The minimum atomic E-state index is -4.39. The molecule has 0 radical (unpaired) electrons. The second-order valence-corrected chi connectivity index (χ2v) is 6.94. The molecule has 0 atom stereocenters. The molecule has 0 N–H and O–H groups in total. The minimum absolute atomic E-state index is 0.455. The molecule has 0 aliphatic rings. The summed E-state index contributed by atoms with van der Waals surface area (Å²) in [6, 6.07) is 8.95. The van der Waals surface area contributed by atoms with Gasteiger partial charge in [0.15, 0.2) is 0 Å². The Labute approximate surface area is 160 Å². The summed E-state index contributed by atoms with van der Waals surface area (Å²) in [6.07, 6.45) is 2.24. The number of aromatic nitrogens is 4. The zero-order chi connectivity index (χ0) is 19.0. The van der Waals surface area contributed by atoms with Crippen LogP contribution in [0.25, 0.3) is 22.2 Å². The maximum atomic E-state index is 13.0. The summed E-state index contributed by atoms with van der Waals surface area (Å²) in [5.41, 5.74) is 2.73. The zero-order valence-electron chi connectivity index (χ0n) is 13.8. The maximum absolute atomic E-state index is 13.0. The van der Waals surface area contributed by atoms with Crippen LogP contribution in [0.2, 0.25) is 0 Å². The monoisotopic (exact) mass is 432 g/mol. The predicted molar refractivity (Wildman–Crippen MR) is 99.0 cm³/mol. The van der Waals surface area contributed by atoms with Gasteiger partial charge in [0, 0.05) is 28.6 Å². The minimum Gasteiger partial charge on any atom is -0.263 e. The maximum Gasteiger partial charge on any atom is 0.416 e. The molecule has 0 fully saturated rings. The molecule has 4 aromatic rings. The van der Waals surface area contributed by atoms with E-state index in [4.69, 9.17) is 0 Å². The van der Waals surface area contributed by atoms with Gasteiger partial charge in [0.2, 0.25) is 0 Å². The highest BCUT2D eigenvalue weighted by molar-refractivity contribution is 9.10. The molecular formula is C19H12BrF3N4. The molecule has 4 nitrogen and oxygen atoms in total.